The molecular formula is C8H3BrClF3O. The van der Waals surface area contributed by atoms with E-state index in [2.05, 4.69) is 15.9 Å². The van der Waals surface area contributed by atoms with Crippen LogP contribution >= 0.6 is 27.5 Å². The second kappa shape index (κ2) is 3.90. The minimum atomic E-state index is -4.48. The van der Waals surface area contributed by atoms with E-state index in [1.807, 2.05) is 0 Å². The highest BCUT2D eigenvalue weighted by Crippen LogP contribution is 2.35. The molecule has 14 heavy (non-hydrogen) atoms. The molecule has 0 N–H and O–H groups in total. The van der Waals surface area contributed by atoms with E-state index in [9.17, 15) is 18.0 Å². The van der Waals surface area contributed by atoms with Crippen molar-refractivity contribution in [2.45, 2.75) is 6.18 Å². The Hall–Kier alpha value is -0.550. The van der Waals surface area contributed by atoms with Crippen molar-refractivity contribution in [2.75, 3.05) is 0 Å². The molecular weight excluding hydrogens is 284 g/mol. The van der Waals surface area contributed by atoms with Crippen LogP contribution in [-0.2, 0) is 6.18 Å². The smallest absolute Gasteiger partial charge is 0.298 e. The Morgan fingerprint density at radius 2 is 1.93 bits per heavy atom. The highest BCUT2D eigenvalue weighted by Gasteiger charge is 2.31. The predicted molar refractivity (Wildman–Crippen MR) is 49.5 cm³/mol. The Morgan fingerprint density at radius 1 is 1.36 bits per heavy atom. The van der Waals surface area contributed by atoms with Crippen LogP contribution in [0.15, 0.2) is 16.6 Å². The van der Waals surface area contributed by atoms with Crippen molar-refractivity contribution >= 4 is 33.8 Å². The van der Waals surface area contributed by atoms with Gasteiger partial charge in [0.25, 0.3) is 0 Å². The number of aldehydes is 1. The average Bonchev–Trinajstić information content (AvgIpc) is 2.07. The van der Waals surface area contributed by atoms with Crippen molar-refractivity contribution in [2.24, 2.45) is 0 Å². The molecule has 1 nitrogen and oxygen atoms in total. The second-order valence-corrected chi connectivity index (χ2v) is 3.71. The lowest BCUT2D eigenvalue weighted by molar-refractivity contribution is -0.137. The SMILES string of the molecule is O=Cc1cc(C(F)(F)F)cc(Br)c1Cl. The van der Waals surface area contributed by atoms with Crippen LogP contribution in [-0.4, -0.2) is 6.29 Å². The molecule has 0 saturated heterocycles. The van der Waals surface area contributed by atoms with Crippen LogP contribution < -0.4 is 0 Å². The van der Waals surface area contributed by atoms with E-state index in [0.717, 1.165) is 6.07 Å². The maximum Gasteiger partial charge on any atom is 0.416 e. The summed E-state index contributed by atoms with van der Waals surface area (Å²) in [5, 5.41) is -0.0204. The Labute approximate surface area is 91.0 Å². The van der Waals surface area contributed by atoms with Crippen LogP contribution in [0, 0.1) is 0 Å². The molecule has 1 aromatic carbocycles. The molecule has 0 aliphatic rings. The topological polar surface area (TPSA) is 17.1 Å². The molecule has 0 heterocycles. The van der Waals surface area contributed by atoms with Gasteiger partial charge >= 0.3 is 6.18 Å². The van der Waals surface area contributed by atoms with E-state index in [0.29, 0.717) is 6.07 Å². The lowest BCUT2D eigenvalue weighted by atomic mass is 10.1. The fourth-order valence-corrected chi connectivity index (χ4v) is 1.49. The van der Waals surface area contributed by atoms with Crippen molar-refractivity contribution in [3.05, 3.63) is 32.8 Å². The van der Waals surface area contributed by atoms with E-state index in [4.69, 9.17) is 11.6 Å². The standard InChI is InChI=1S/C8H3BrClF3O/c9-6-2-5(8(11,12)13)1-4(3-14)7(6)10/h1-3H. The number of alkyl halides is 3. The summed E-state index contributed by atoms with van der Waals surface area (Å²) in [5.74, 6) is 0. The van der Waals surface area contributed by atoms with E-state index in [-0.39, 0.29) is 21.3 Å². The Morgan fingerprint density at radius 3 is 2.36 bits per heavy atom. The molecule has 0 fully saturated rings. The number of benzene rings is 1. The van der Waals surface area contributed by atoms with Gasteiger partial charge in [-0.15, -0.1) is 0 Å². The zero-order valence-corrected chi connectivity index (χ0v) is 8.87. The Bertz CT molecular complexity index is 376. The third kappa shape index (κ3) is 2.27. The Kier molecular flexibility index (Phi) is 3.21. The zero-order chi connectivity index (χ0) is 10.9. The van der Waals surface area contributed by atoms with Gasteiger partial charge in [-0.05, 0) is 28.1 Å². The third-order valence-electron chi connectivity index (χ3n) is 1.51. The van der Waals surface area contributed by atoms with Gasteiger partial charge in [-0.2, -0.15) is 13.2 Å². The summed E-state index contributed by atoms with van der Waals surface area (Å²) in [7, 11) is 0. The molecule has 6 heteroatoms. The van der Waals surface area contributed by atoms with Crippen molar-refractivity contribution < 1.29 is 18.0 Å². The lowest BCUT2D eigenvalue weighted by Gasteiger charge is -2.09. The van der Waals surface area contributed by atoms with Crippen LogP contribution in [0.4, 0.5) is 13.2 Å². The van der Waals surface area contributed by atoms with E-state index in [1.54, 1.807) is 0 Å². The summed E-state index contributed by atoms with van der Waals surface area (Å²) >= 11 is 8.41. The molecule has 0 bridgehead atoms. The van der Waals surface area contributed by atoms with E-state index in [1.165, 1.54) is 0 Å². The summed E-state index contributed by atoms with van der Waals surface area (Å²) in [5.41, 5.74) is -1.09. The van der Waals surface area contributed by atoms with Gasteiger partial charge in [0.2, 0.25) is 0 Å². The normalized spacial score (nSPS) is 11.5. The molecule has 76 valence electrons. The maximum absolute atomic E-state index is 12.2. The Balaban J connectivity index is 3.37. The molecule has 0 saturated carbocycles. The highest BCUT2D eigenvalue weighted by molar-refractivity contribution is 9.10. The van der Waals surface area contributed by atoms with E-state index >= 15 is 0 Å². The summed E-state index contributed by atoms with van der Waals surface area (Å²) in [6.45, 7) is 0. The predicted octanol–water partition coefficient (Wildman–Crippen LogP) is 3.93. The van der Waals surface area contributed by atoms with Crippen LogP contribution in [0.1, 0.15) is 15.9 Å². The quantitative estimate of drug-likeness (QED) is 0.715. The molecule has 0 amide bonds. The number of carbonyl (C=O) groups excluding carboxylic acids is 1. The lowest BCUT2D eigenvalue weighted by Crippen LogP contribution is -2.05. The fraction of sp³-hybridized carbons (Fsp3) is 0.125. The molecule has 0 aromatic heterocycles. The summed E-state index contributed by atoms with van der Waals surface area (Å²) in [6.07, 6.45) is -4.20. The van der Waals surface area contributed by atoms with Gasteiger partial charge in [-0.1, -0.05) is 11.6 Å². The first-order chi connectivity index (χ1) is 6.36. The first-order valence-corrected chi connectivity index (χ1v) is 4.54. The number of rotatable bonds is 1. The van der Waals surface area contributed by atoms with Gasteiger partial charge in [0.15, 0.2) is 6.29 Å². The van der Waals surface area contributed by atoms with Gasteiger partial charge in [-0.3, -0.25) is 4.79 Å². The molecule has 0 aliphatic heterocycles. The van der Waals surface area contributed by atoms with Crippen LogP contribution in [0.5, 0.6) is 0 Å². The minimum absolute atomic E-state index is 0.0204. The van der Waals surface area contributed by atoms with E-state index < -0.39 is 11.7 Å². The summed E-state index contributed by atoms with van der Waals surface area (Å²) in [4.78, 5) is 10.4. The van der Waals surface area contributed by atoms with Crippen LogP contribution in [0.3, 0.4) is 0 Å². The number of halogens is 5. The average molecular weight is 287 g/mol. The number of carbonyl (C=O) groups is 1. The first kappa shape index (κ1) is 11.5. The molecule has 1 rings (SSSR count). The molecule has 0 spiro atoms. The molecule has 0 unspecified atom stereocenters. The van der Waals surface area contributed by atoms with Crippen LogP contribution in [0.2, 0.25) is 5.02 Å². The summed E-state index contributed by atoms with van der Waals surface area (Å²) in [6, 6.07) is 1.54. The fourth-order valence-electron chi connectivity index (χ4n) is 0.860. The van der Waals surface area contributed by atoms with Crippen molar-refractivity contribution in [3.8, 4) is 0 Å². The van der Waals surface area contributed by atoms with Gasteiger partial charge in [0.05, 0.1) is 10.6 Å². The number of hydrogen-bond donors (Lipinski definition) is 0. The molecule has 0 radical (unpaired) electrons. The largest absolute Gasteiger partial charge is 0.416 e. The molecule has 0 aliphatic carbocycles. The van der Waals surface area contributed by atoms with Gasteiger partial charge < -0.3 is 0 Å². The van der Waals surface area contributed by atoms with Crippen molar-refractivity contribution in [1.82, 2.24) is 0 Å². The third-order valence-corrected chi connectivity index (χ3v) is 2.79. The minimum Gasteiger partial charge on any atom is -0.298 e. The van der Waals surface area contributed by atoms with Crippen molar-refractivity contribution in [1.29, 1.82) is 0 Å². The zero-order valence-electron chi connectivity index (χ0n) is 6.53. The number of hydrogen-bond acceptors (Lipinski definition) is 1. The van der Waals surface area contributed by atoms with Crippen molar-refractivity contribution in [3.63, 3.8) is 0 Å². The molecule has 0 atom stereocenters. The second-order valence-electron chi connectivity index (χ2n) is 2.48. The monoisotopic (exact) mass is 286 g/mol. The molecule has 1 aromatic rings. The van der Waals surface area contributed by atoms with Gasteiger partial charge in [0, 0.05) is 10.0 Å². The van der Waals surface area contributed by atoms with Gasteiger partial charge in [0.1, 0.15) is 0 Å². The highest BCUT2D eigenvalue weighted by atomic mass is 79.9. The maximum atomic E-state index is 12.2. The first-order valence-electron chi connectivity index (χ1n) is 3.37. The van der Waals surface area contributed by atoms with Crippen LogP contribution in [0.25, 0.3) is 0 Å². The van der Waals surface area contributed by atoms with Gasteiger partial charge in [-0.25, -0.2) is 0 Å². The summed E-state index contributed by atoms with van der Waals surface area (Å²) < 4.78 is 36.8.